The van der Waals surface area contributed by atoms with Crippen molar-refractivity contribution in [3.05, 3.63) is 82.4 Å². The van der Waals surface area contributed by atoms with E-state index in [-0.39, 0.29) is 40.0 Å². The summed E-state index contributed by atoms with van der Waals surface area (Å²) >= 11 is 1.33. The number of nitrogens with two attached hydrogens (primary N) is 1. The molecule has 42 heavy (non-hydrogen) atoms. The lowest BCUT2D eigenvalue weighted by atomic mass is 9.70. The first-order chi connectivity index (χ1) is 20.4. The quantitative estimate of drug-likeness (QED) is 0.128. The predicted octanol–water partition coefficient (Wildman–Crippen LogP) is 7.89. The zero-order valence-corrected chi connectivity index (χ0v) is 24.8. The molecule has 2 fully saturated rings. The van der Waals surface area contributed by atoms with Crippen LogP contribution in [0.5, 0.6) is 5.75 Å². The molecule has 6 rings (SSSR count). The van der Waals surface area contributed by atoms with Crippen molar-refractivity contribution in [2.45, 2.75) is 80.6 Å². The third-order valence-corrected chi connectivity index (χ3v) is 10.1. The number of esters is 1. The lowest BCUT2D eigenvalue weighted by Crippen LogP contribution is -2.33. The Balaban J connectivity index is 1.33. The van der Waals surface area contributed by atoms with Crippen LogP contribution < -0.4 is 10.5 Å². The highest BCUT2D eigenvalue weighted by atomic mass is 32.2. The number of carbonyl (C=O) groups excluding carboxylic acids is 3. The second-order valence-electron chi connectivity index (χ2n) is 11.7. The highest BCUT2D eigenvalue weighted by Crippen LogP contribution is 2.44. The van der Waals surface area contributed by atoms with Gasteiger partial charge in [0.05, 0.1) is 23.4 Å². The first-order valence-electron chi connectivity index (χ1n) is 15.2. The van der Waals surface area contributed by atoms with Crippen LogP contribution in [0.2, 0.25) is 0 Å². The van der Waals surface area contributed by atoms with Gasteiger partial charge in [0.25, 0.3) is 0 Å². The molecule has 0 aromatic heterocycles. The number of benzene rings is 3. The summed E-state index contributed by atoms with van der Waals surface area (Å²) in [7, 11) is 0. The van der Waals surface area contributed by atoms with Crippen LogP contribution >= 0.6 is 11.8 Å². The lowest BCUT2D eigenvalue weighted by molar-refractivity contribution is -0.000863. The molecule has 2 saturated carbocycles. The minimum absolute atomic E-state index is 0.0122. The van der Waals surface area contributed by atoms with Crippen molar-refractivity contribution in [3.63, 3.8) is 0 Å². The topological polar surface area (TPSA) is 95.7 Å². The van der Waals surface area contributed by atoms with Crippen LogP contribution in [0.1, 0.15) is 107 Å². The molecule has 0 heterocycles. The van der Waals surface area contributed by atoms with Crippen molar-refractivity contribution in [2.24, 2.45) is 11.8 Å². The number of fused-ring (bicyclic) bond motifs is 3. The Morgan fingerprint density at radius 2 is 1.60 bits per heavy atom. The van der Waals surface area contributed by atoms with E-state index in [1.54, 1.807) is 30.3 Å². The number of ketones is 2. The van der Waals surface area contributed by atoms with Gasteiger partial charge in [-0.2, -0.15) is 0 Å². The molecular weight excluding hydrogens is 546 g/mol. The third kappa shape index (κ3) is 5.59. The molecule has 0 radical (unpaired) electrons. The van der Waals surface area contributed by atoms with E-state index in [1.165, 1.54) is 37.4 Å². The molecule has 6 nitrogen and oxygen atoms in total. The number of rotatable bonds is 8. The van der Waals surface area contributed by atoms with Crippen LogP contribution in [0, 0.1) is 11.8 Å². The first kappa shape index (κ1) is 28.5. The maximum atomic E-state index is 13.8. The zero-order valence-electron chi connectivity index (χ0n) is 24.0. The van der Waals surface area contributed by atoms with Gasteiger partial charge in [-0.1, -0.05) is 75.1 Å². The van der Waals surface area contributed by atoms with Gasteiger partial charge < -0.3 is 15.2 Å². The van der Waals surface area contributed by atoms with E-state index in [1.807, 2.05) is 24.3 Å². The van der Waals surface area contributed by atoms with E-state index in [0.29, 0.717) is 28.5 Å². The fourth-order valence-electron chi connectivity index (χ4n) is 6.75. The highest BCUT2D eigenvalue weighted by Gasteiger charge is 2.38. The molecule has 3 atom stereocenters. The monoisotopic (exact) mass is 583 g/mol. The normalized spacial score (nSPS) is 21.2. The molecular formula is C35H37NO5S. The molecule has 0 aliphatic heterocycles. The first-order valence-corrected chi connectivity index (χ1v) is 16.0. The summed E-state index contributed by atoms with van der Waals surface area (Å²) in [5.41, 5.74) is 7.69. The van der Waals surface area contributed by atoms with Gasteiger partial charge in [0.1, 0.15) is 11.9 Å². The average Bonchev–Trinajstić information content (AvgIpc) is 3.01. The largest absolute Gasteiger partial charge is 0.494 e. The van der Waals surface area contributed by atoms with Gasteiger partial charge in [0, 0.05) is 26.5 Å². The summed E-state index contributed by atoms with van der Waals surface area (Å²) in [5, 5.41) is 0. The summed E-state index contributed by atoms with van der Waals surface area (Å²) < 4.78 is 11.9. The Kier molecular flexibility index (Phi) is 8.38. The van der Waals surface area contributed by atoms with Gasteiger partial charge >= 0.3 is 5.97 Å². The van der Waals surface area contributed by atoms with Gasteiger partial charge in [-0.15, -0.1) is 0 Å². The van der Waals surface area contributed by atoms with Crippen LogP contribution in [0.3, 0.4) is 0 Å². The second kappa shape index (κ2) is 12.3. The number of nitrogen functional groups attached to an aromatic ring is 1. The van der Waals surface area contributed by atoms with E-state index in [9.17, 15) is 14.4 Å². The van der Waals surface area contributed by atoms with Crippen molar-refractivity contribution < 1.29 is 23.9 Å². The Labute approximate surface area is 251 Å². The molecule has 218 valence electrons. The van der Waals surface area contributed by atoms with Gasteiger partial charge in [-0.3, -0.25) is 9.59 Å². The molecule has 3 aromatic carbocycles. The van der Waals surface area contributed by atoms with Gasteiger partial charge in [0.15, 0.2) is 11.6 Å². The number of ether oxygens (including phenoxy) is 2. The van der Waals surface area contributed by atoms with E-state index in [4.69, 9.17) is 15.2 Å². The maximum Gasteiger partial charge on any atom is 0.340 e. The fraction of sp³-hybridized carbons (Fsp3) is 0.400. The third-order valence-electron chi connectivity index (χ3n) is 9.01. The molecule has 3 aliphatic rings. The Hall–Kier alpha value is -3.58. The SMILES string of the molecule is CCCCOc1ccc(Sc2cc(C(=O)O[C@@H]3CC[C@@H]4CCCCC4C3)c(N)c3c2C(=O)c2ccccc2C3=O)cc1. The van der Waals surface area contributed by atoms with Crippen LogP contribution in [0.4, 0.5) is 5.69 Å². The summed E-state index contributed by atoms with van der Waals surface area (Å²) in [5.74, 6) is 0.945. The van der Waals surface area contributed by atoms with Crippen LogP contribution in [-0.4, -0.2) is 30.2 Å². The van der Waals surface area contributed by atoms with E-state index >= 15 is 0 Å². The fourth-order valence-corrected chi connectivity index (χ4v) is 7.75. The molecule has 1 unspecified atom stereocenters. The molecule has 7 heteroatoms. The molecule has 0 spiro atoms. The molecule has 0 bridgehead atoms. The standard InChI is InChI=1S/C35H37NO5S/c1-2-3-18-40-23-14-16-25(17-15-23)42-29-20-28(35(39)41-24-13-12-21-8-4-5-9-22(21)19-24)32(36)31-30(29)33(37)26-10-6-7-11-27(26)34(31)38/h6-7,10-11,14-17,20-22,24H,2-5,8-9,12-13,18-19,36H2,1H3/t21-,22?,24+/m0/s1. The average molecular weight is 584 g/mol. The minimum Gasteiger partial charge on any atom is -0.494 e. The van der Waals surface area contributed by atoms with Gasteiger partial charge in [-0.05, 0) is 67.9 Å². The highest BCUT2D eigenvalue weighted by molar-refractivity contribution is 7.99. The Morgan fingerprint density at radius 1 is 0.905 bits per heavy atom. The molecule has 2 N–H and O–H groups in total. The zero-order chi connectivity index (χ0) is 29.2. The van der Waals surface area contributed by atoms with Crippen LogP contribution in [0.15, 0.2) is 64.4 Å². The minimum atomic E-state index is -0.532. The van der Waals surface area contributed by atoms with E-state index in [0.717, 1.165) is 48.7 Å². The van der Waals surface area contributed by atoms with Gasteiger partial charge in [0.2, 0.25) is 0 Å². The summed E-state index contributed by atoms with van der Waals surface area (Å²) in [6.45, 7) is 2.77. The smallest absolute Gasteiger partial charge is 0.340 e. The lowest BCUT2D eigenvalue weighted by Gasteiger charge is -2.38. The van der Waals surface area contributed by atoms with Crippen molar-refractivity contribution in [1.29, 1.82) is 0 Å². The van der Waals surface area contributed by atoms with Gasteiger partial charge in [-0.25, -0.2) is 4.79 Å². The predicted molar refractivity (Wildman–Crippen MR) is 164 cm³/mol. The molecule has 0 saturated heterocycles. The van der Waals surface area contributed by atoms with Crippen molar-refractivity contribution in [2.75, 3.05) is 12.3 Å². The van der Waals surface area contributed by atoms with Crippen molar-refractivity contribution in [1.82, 2.24) is 0 Å². The van der Waals surface area contributed by atoms with Crippen molar-refractivity contribution in [3.8, 4) is 5.75 Å². The number of anilines is 1. The molecule has 3 aromatic rings. The number of hydrogen-bond donors (Lipinski definition) is 1. The number of carbonyl (C=O) groups is 3. The summed E-state index contributed by atoms with van der Waals surface area (Å²) in [6, 6.07) is 16.0. The van der Waals surface area contributed by atoms with E-state index < -0.39 is 5.97 Å². The Morgan fingerprint density at radius 3 is 2.31 bits per heavy atom. The second-order valence-corrected chi connectivity index (χ2v) is 12.8. The van der Waals surface area contributed by atoms with Crippen LogP contribution in [0.25, 0.3) is 0 Å². The van der Waals surface area contributed by atoms with Crippen LogP contribution in [-0.2, 0) is 4.74 Å². The molecule has 3 aliphatic carbocycles. The Bertz CT molecular complexity index is 1510. The summed E-state index contributed by atoms with van der Waals surface area (Å²) in [6.07, 6.45) is 9.66. The maximum absolute atomic E-state index is 13.8. The van der Waals surface area contributed by atoms with E-state index in [2.05, 4.69) is 6.92 Å². The van der Waals surface area contributed by atoms with Crippen molar-refractivity contribution >= 4 is 35.0 Å². The number of hydrogen-bond acceptors (Lipinski definition) is 7. The number of unbranched alkanes of at least 4 members (excludes halogenated alkanes) is 1. The summed E-state index contributed by atoms with van der Waals surface area (Å²) in [4.78, 5) is 42.6. The molecule has 0 amide bonds.